The summed E-state index contributed by atoms with van der Waals surface area (Å²) in [4.78, 5) is 0. The van der Waals surface area contributed by atoms with Crippen molar-refractivity contribution in [3.63, 3.8) is 0 Å². The van der Waals surface area contributed by atoms with Crippen LogP contribution in [0.1, 0.15) is 25.7 Å². The van der Waals surface area contributed by atoms with Crippen LogP contribution in [-0.4, -0.2) is 18.3 Å². The van der Waals surface area contributed by atoms with Gasteiger partial charge >= 0.3 is 6.18 Å². The van der Waals surface area contributed by atoms with Crippen molar-refractivity contribution in [2.24, 2.45) is 5.92 Å². The maximum Gasteiger partial charge on any atom is 0.391 e. The number of nitrogens with one attached hydrogen (secondary N) is 1. The third kappa shape index (κ3) is 2.14. The summed E-state index contributed by atoms with van der Waals surface area (Å²) in [7, 11) is 0. The number of alkyl halides is 3. The van der Waals surface area contributed by atoms with Crippen molar-refractivity contribution in [3.05, 3.63) is 0 Å². The van der Waals surface area contributed by atoms with Crippen LogP contribution in [0.25, 0.3) is 0 Å². The van der Waals surface area contributed by atoms with E-state index in [4.69, 9.17) is 0 Å². The molecule has 1 aliphatic carbocycles. The summed E-state index contributed by atoms with van der Waals surface area (Å²) in [6, 6.07) is 0. The van der Waals surface area contributed by atoms with Crippen molar-refractivity contribution < 1.29 is 13.2 Å². The number of halogens is 3. The average molecular weight is 196 g/mol. The summed E-state index contributed by atoms with van der Waals surface area (Å²) in [5.74, 6) is -1.04. The van der Waals surface area contributed by atoms with Gasteiger partial charge in [-0.1, -0.05) is 0 Å². The van der Waals surface area contributed by atoms with Gasteiger partial charge in [0.25, 0.3) is 0 Å². The van der Waals surface area contributed by atoms with Crippen LogP contribution in [0.3, 0.4) is 0 Å². The summed E-state index contributed by atoms with van der Waals surface area (Å²) >= 11 is 0. The molecular weight excluding hydrogens is 181 g/mol. The maximum atomic E-state index is 12.2. The lowest BCUT2D eigenvalue weighted by Crippen LogP contribution is -2.32. The summed E-state index contributed by atoms with van der Waals surface area (Å²) in [5.41, 5.74) is 0.127. The molecule has 1 spiro atoms. The lowest BCUT2D eigenvalue weighted by molar-refractivity contribution is -0.182. The van der Waals surface area contributed by atoms with Crippen LogP contribution >= 0.6 is 0 Å². The fourth-order valence-electron chi connectivity index (χ4n) is 1.98. The Morgan fingerprint density at radius 1 is 1.15 bits per heavy atom. The van der Waals surface area contributed by atoms with Gasteiger partial charge in [-0.25, -0.2) is 0 Å². The Morgan fingerprint density at radius 2 is 1.62 bits per heavy atom. The van der Waals surface area contributed by atoms with Gasteiger partial charge in [0.1, 0.15) is 0 Å². The van der Waals surface area contributed by atoms with Crippen molar-refractivity contribution in [1.82, 2.24) is 11.5 Å². The zero-order valence-electron chi connectivity index (χ0n) is 7.45. The Kier molecular flexibility index (Phi) is 2.60. The number of rotatable bonds is 0. The topological polar surface area (TPSA) is 56.9 Å². The molecule has 0 unspecified atom stereocenters. The molecule has 0 atom stereocenters. The fraction of sp³-hybridized carbons (Fsp3) is 1.00. The Hall–Kier alpha value is -0.290. The summed E-state index contributed by atoms with van der Waals surface area (Å²) < 4.78 is 36.6. The van der Waals surface area contributed by atoms with Gasteiger partial charge in [-0.2, -0.15) is 13.2 Å². The first-order valence-corrected chi connectivity index (χ1v) is 4.34. The van der Waals surface area contributed by atoms with Crippen molar-refractivity contribution in [1.29, 1.82) is 0 Å². The molecule has 5 heteroatoms. The Morgan fingerprint density at radius 3 is 1.92 bits per heavy atom. The van der Waals surface area contributed by atoms with Crippen LogP contribution in [-0.2, 0) is 0 Å². The normalized spacial score (nSPS) is 38.5. The van der Waals surface area contributed by atoms with Crippen molar-refractivity contribution in [3.8, 4) is 0 Å². The van der Waals surface area contributed by atoms with Crippen LogP contribution < -0.4 is 11.5 Å². The van der Waals surface area contributed by atoms with Crippen LogP contribution in [0.15, 0.2) is 0 Å². The molecule has 4 N–H and O–H groups in total. The van der Waals surface area contributed by atoms with E-state index in [0.717, 1.165) is 6.54 Å². The smallest absolute Gasteiger partial charge is 0.344 e. The van der Waals surface area contributed by atoms with Gasteiger partial charge < -0.3 is 11.5 Å². The van der Waals surface area contributed by atoms with Gasteiger partial charge in [0, 0.05) is 12.1 Å². The van der Waals surface area contributed by atoms with E-state index in [9.17, 15) is 13.2 Å². The van der Waals surface area contributed by atoms with E-state index in [1.807, 2.05) is 0 Å². The van der Waals surface area contributed by atoms with Gasteiger partial charge in [-0.3, -0.25) is 0 Å². The van der Waals surface area contributed by atoms with Crippen LogP contribution in [0.5, 0.6) is 0 Å². The number of hydrogen-bond donors (Lipinski definition) is 2. The minimum Gasteiger partial charge on any atom is -0.344 e. The van der Waals surface area contributed by atoms with Crippen LogP contribution in [0.4, 0.5) is 13.2 Å². The Bertz CT molecular complexity index is 176. The molecule has 0 bridgehead atoms. The van der Waals surface area contributed by atoms with Gasteiger partial charge in [-0.05, 0) is 25.7 Å². The molecule has 13 heavy (non-hydrogen) atoms. The second kappa shape index (κ2) is 3.13. The second-order valence-corrected chi connectivity index (χ2v) is 3.95. The monoisotopic (exact) mass is 196 g/mol. The van der Waals surface area contributed by atoms with Crippen molar-refractivity contribution in [2.45, 2.75) is 37.4 Å². The van der Waals surface area contributed by atoms with Gasteiger partial charge in [0.05, 0.1) is 5.92 Å². The second-order valence-electron chi connectivity index (χ2n) is 3.95. The first-order valence-electron chi connectivity index (χ1n) is 4.34. The van der Waals surface area contributed by atoms with Gasteiger partial charge in [0.2, 0.25) is 0 Å². The Balaban J connectivity index is 0.000000845. The molecule has 0 aromatic rings. The quantitative estimate of drug-likeness (QED) is 0.584. The van der Waals surface area contributed by atoms with Crippen LogP contribution in [0, 0.1) is 5.92 Å². The van der Waals surface area contributed by atoms with Crippen molar-refractivity contribution in [2.75, 3.05) is 6.54 Å². The molecule has 1 aliphatic heterocycles. The van der Waals surface area contributed by atoms with Crippen LogP contribution in [0.2, 0.25) is 0 Å². The lowest BCUT2D eigenvalue weighted by atomic mass is 9.81. The fourth-order valence-corrected chi connectivity index (χ4v) is 1.98. The highest BCUT2D eigenvalue weighted by atomic mass is 19.4. The average Bonchev–Trinajstić information content (AvgIpc) is 2.68. The molecule has 0 aromatic heterocycles. The summed E-state index contributed by atoms with van der Waals surface area (Å²) in [5, 5.41) is 3.15. The highest BCUT2D eigenvalue weighted by molar-refractivity contribution is 5.06. The Labute approximate surface area is 75.5 Å². The number of hydrogen-bond acceptors (Lipinski definition) is 2. The molecule has 1 heterocycles. The van der Waals surface area contributed by atoms with E-state index in [0.29, 0.717) is 25.7 Å². The molecule has 0 aromatic carbocycles. The molecule has 1 saturated heterocycles. The van der Waals surface area contributed by atoms with E-state index in [1.165, 1.54) is 0 Å². The summed E-state index contributed by atoms with van der Waals surface area (Å²) in [6.45, 7) is 0.928. The standard InChI is InChI=1S/C8H12F3N.H3N/c9-8(10,11)6-1-3-7(4-2-6)5-12-7;/h6,12H,1-5H2;1H3. The highest BCUT2D eigenvalue weighted by Crippen LogP contribution is 2.44. The SMILES string of the molecule is FC(F)(F)C1CCC2(CC1)CN2.N. The van der Waals surface area contributed by atoms with E-state index in [1.54, 1.807) is 0 Å². The molecule has 2 nitrogen and oxygen atoms in total. The molecule has 78 valence electrons. The molecule has 1 saturated carbocycles. The van der Waals surface area contributed by atoms with Gasteiger partial charge in [0.15, 0.2) is 0 Å². The first-order chi connectivity index (χ1) is 5.52. The molecule has 0 radical (unpaired) electrons. The first kappa shape index (κ1) is 10.8. The summed E-state index contributed by atoms with van der Waals surface area (Å²) in [6.07, 6.45) is -1.92. The third-order valence-corrected chi connectivity index (χ3v) is 3.08. The zero-order chi connectivity index (χ0) is 8.82. The molecular formula is C8H15F3N2. The third-order valence-electron chi connectivity index (χ3n) is 3.08. The van der Waals surface area contributed by atoms with E-state index >= 15 is 0 Å². The van der Waals surface area contributed by atoms with E-state index < -0.39 is 12.1 Å². The largest absolute Gasteiger partial charge is 0.391 e. The molecule has 2 rings (SSSR count). The minimum absolute atomic E-state index is 0. The van der Waals surface area contributed by atoms with E-state index in [-0.39, 0.29) is 11.7 Å². The van der Waals surface area contributed by atoms with Crippen molar-refractivity contribution >= 4 is 0 Å². The highest BCUT2D eigenvalue weighted by Gasteiger charge is 2.50. The van der Waals surface area contributed by atoms with Gasteiger partial charge in [-0.15, -0.1) is 0 Å². The predicted octanol–water partition coefficient (Wildman–Crippen LogP) is 2.24. The van der Waals surface area contributed by atoms with E-state index in [2.05, 4.69) is 5.32 Å². The molecule has 2 fully saturated rings. The predicted molar refractivity (Wildman–Crippen MR) is 43.8 cm³/mol. The molecule has 2 aliphatic rings. The minimum atomic E-state index is -3.96. The zero-order valence-corrected chi connectivity index (χ0v) is 7.45. The maximum absolute atomic E-state index is 12.2. The molecule has 0 amide bonds. The lowest BCUT2D eigenvalue weighted by Gasteiger charge is -2.28.